The van der Waals surface area contributed by atoms with E-state index < -0.39 is 0 Å². The molecule has 0 radical (unpaired) electrons. The van der Waals surface area contributed by atoms with Gasteiger partial charge in [0.1, 0.15) is 17.9 Å². The molecule has 2 heterocycles. The zero-order valence-corrected chi connectivity index (χ0v) is 17.3. The predicted octanol–water partition coefficient (Wildman–Crippen LogP) is 4.14. The summed E-state index contributed by atoms with van der Waals surface area (Å²) in [6, 6.07) is 15.3. The number of para-hydroxylation sites is 3. The normalized spacial score (nSPS) is 11.3. The Bertz CT molecular complexity index is 1260. The maximum Gasteiger partial charge on any atom is 0.269 e. The van der Waals surface area contributed by atoms with Crippen LogP contribution in [0.25, 0.3) is 22.0 Å². The first-order chi connectivity index (χ1) is 14.6. The summed E-state index contributed by atoms with van der Waals surface area (Å²) in [6.07, 6.45) is 4.21. The predicted molar refractivity (Wildman–Crippen MR) is 117 cm³/mol. The van der Waals surface area contributed by atoms with Gasteiger partial charge in [0.2, 0.25) is 5.91 Å². The van der Waals surface area contributed by atoms with Crippen molar-refractivity contribution in [3.8, 4) is 0 Å². The first-order valence-corrected chi connectivity index (χ1v) is 10.3. The highest BCUT2D eigenvalue weighted by Crippen LogP contribution is 2.28. The summed E-state index contributed by atoms with van der Waals surface area (Å²) in [7, 11) is 1.77. The van der Waals surface area contributed by atoms with Crippen molar-refractivity contribution < 1.29 is 9.21 Å². The van der Waals surface area contributed by atoms with E-state index in [1.54, 1.807) is 11.9 Å². The lowest BCUT2D eigenvalue weighted by molar-refractivity contribution is -0.131. The highest BCUT2D eigenvalue weighted by molar-refractivity contribution is 5.84. The fourth-order valence-electron chi connectivity index (χ4n) is 3.72. The van der Waals surface area contributed by atoms with Crippen LogP contribution in [0.5, 0.6) is 0 Å². The fraction of sp³-hybridized carbons (Fsp3) is 0.292. The third kappa shape index (κ3) is 3.85. The summed E-state index contributed by atoms with van der Waals surface area (Å²) in [4.78, 5) is 31.2. The Morgan fingerprint density at radius 2 is 1.90 bits per heavy atom. The van der Waals surface area contributed by atoms with E-state index in [1.165, 1.54) is 10.8 Å². The number of aromatic nitrogens is 2. The number of nitrogens with zero attached hydrogens (tertiary/aromatic N) is 3. The van der Waals surface area contributed by atoms with Gasteiger partial charge in [0.15, 0.2) is 0 Å². The molecule has 0 fully saturated rings. The number of carbonyl (C=O) groups excluding carboxylic acids is 1. The molecule has 0 atom stereocenters. The molecule has 0 N–H and O–H groups in total. The minimum atomic E-state index is -0.284. The molecule has 4 aromatic rings. The van der Waals surface area contributed by atoms with Gasteiger partial charge < -0.3 is 9.32 Å². The third-order valence-electron chi connectivity index (χ3n) is 5.41. The van der Waals surface area contributed by atoms with Crippen molar-refractivity contribution in [3.63, 3.8) is 0 Å². The molecule has 4 rings (SSSR count). The minimum Gasteiger partial charge on any atom is -0.461 e. The van der Waals surface area contributed by atoms with Gasteiger partial charge in [-0.2, -0.15) is 0 Å². The van der Waals surface area contributed by atoms with Crippen molar-refractivity contribution in [2.45, 2.75) is 39.3 Å². The van der Waals surface area contributed by atoms with Gasteiger partial charge in [-0.25, -0.2) is 4.98 Å². The van der Waals surface area contributed by atoms with Crippen LogP contribution in [0.4, 0.5) is 0 Å². The van der Waals surface area contributed by atoms with E-state index in [2.05, 4.69) is 11.9 Å². The Hall–Kier alpha value is -3.41. The van der Waals surface area contributed by atoms with E-state index >= 15 is 0 Å². The van der Waals surface area contributed by atoms with Gasteiger partial charge in [-0.15, -0.1) is 0 Å². The molecule has 0 saturated heterocycles. The van der Waals surface area contributed by atoms with Crippen molar-refractivity contribution in [2.75, 3.05) is 7.05 Å². The summed E-state index contributed by atoms with van der Waals surface area (Å²) in [5, 5.41) is 1.04. The number of rotatable bonds is 7. The molecule has 0 aliphatic heterocycles. The van der Waals surface area contributed by atoms with Crippen LogP contribution in [0, 0.1) is 0 Å². The summed E-state index contributed by atoms with van der Waals surface area (Å²) in [5.41, 5.74) is 2.95. The van der Waals surface area contributed by atoms with Crippen LogP contribution in [0.3, 0.4) is 0 Å². The number of furan rings is 1. The van der Waals surface area contributed by atoms with E-state index in [9.17, 15) is 9.59 Å². The van der Waals surface area contributed by atoms with Crippen LogP contribution >= 0.6 is 0 Å². The second-order valence-electron chi connectivity index (χ2n) is 7.52. The molecule has 0 aliphatic carbocycles. The van der Waals surface area contributed by atoms with Crippen molar-refractivity contribution in [1.82, 2.24) is 14.5 Å². The number of hydrogen-bond acceptors (Lipinski definition) is 4. The van der Waals surface area contributed by atoms with Gasteiger partial charge in [-0.3, -0.25) is 14.2 Å². The molecule has 6 heteroatoms. The minimum absolute atomic E-state index is 0.0293. The Labute approximate surface area is 174 Å². The monoisotopic (exact) mass is 403 g/mol. The Morgan fingerprint density at radius 3 is 2.73 bits per heavy atom. The van der Waals surface area contributed by atoms with E-state index in [-0.39, 0.29) is 18.0 Å². The fourth-order valence-corrected chi connectivity index (χ4v) is 3.72. The largest absolute Gasteiger partial charge is 0.461 e. The SMILES string of the molecule is CCCCc1oc2ccccc2c1CN(C)C(=O)Cn1c(=O)cnc2ccccc21. The van der Waals surface area contributed by atoms with Gasteiger partial charge >= 0.3 is 0 Å². The molecule has 0 unspecified atom stereocenters. The Balaban J connectivity index is 1.61. The van der Waals surface area contributed by atoms with Gasteiger partial charge in [0.25, 0.3) is 5.56 Å². The molecular weight excluding hydrogens is 378 g/mol. The standard InChI is InChI=1S/C24H25N3O3/c1-3-4-12-22-18(17-9-5-8-13-21(17)30-22)15-26(2)24(29)16-27-20-11-7-6-10-19(20)25-14-23(27)28/h5-11,13-14H,3-4,12,15-16H2,1-2H3. The lowest BCUT2D eigenvalue weighted by atomic mass is 10.1. The van der Waals surface area contributed by atoms with E-state index in [1.807, 2.05) is 48.5 Å². The molecule has 2 aromatic carbocycles. The van der Waals surface area contributed by atoms with Crippen LogP contribution in [0.15, 0.2) is 63.9 Å². The maximum absolute atomic E-state index is 13.0. The van der Waals surface area contributed by atoms with Crippen LogP contribution in [-0.4, -0.2) is 27.4 Å². The van der Waals surface area contributed by atoms with E-state index in [0.29, 0.717) is 17.6 Å². The molecule has 30 heavy (non-hydrogen) atoms. The number of benzene rings is 2. The van der Waals surface area contributed by atoms with Gasteiger partial charge in [-0.05, 0) is 24.6 Å². The summed E-state index contributed by atoms with van der Waals surface area (Å²) in [6.45, 7) is 2.56. The number of aryl methyl sites for hydroxylation is 1. The number of likely N-dealkylation sites (N-methyl/N-ethyl adjacent to an activating group) is 1. The van der Waals surface area contributed by atoms with Gasteiger partial charge in [-0.1, -0.05) is 43.7 Å². The number of hydrogen-bond donors (Lipinski definition) is 0. The lowest BCUT2D eigenvalue weighted by Crippen LogP contribution is -2.34. The Morgan fingerprint density at radius 1 is 1.13 bits per heavy atom. The lowest BCUT2D eigenvalue weighted by Gasteiger charge is -2.19. The number of amides is 1. The highest BCUT2D eigenvalue weighted by Gasteiger charge is 2.19. The number of carbonyl (C=O) groups is 1. The first-order valence-electron chi connectivity index (χ1n) is 10.3. The quantitative estimate of drug-likeness (QED) is 0.465. The summed E-state index contributed by atoms with van der Waals surface area (Å²) in [5.74, 6) is 0.796. The smallest absolute Gasteiger partial charge is 0.269 e. The average molecular weight is 403 g/mol. The van der Waals surface area contributed by atoms with Crippen molar-refractivity contribution in [1.29, 1.82) is 0 Å². The molecule has 0 spiro atoms. The number of unbranched alkanes of at least 4 members (excludes halogenated alkanes) is 1. The van der Waals surface area contributed by atoms with Crippen molar-refractivity contribution in [3.05, 3.63) is 76.4 Å². The summed E-state index contributed by atoms with van der Waals surface area (Å²) >= 11 is 0. The molecule has 0 saturated carbocycles. The first kappa shape index (κ1) is 19.9. The molecule has 0 bridgehead atoms. The highest BCUT2D eigenvalue weighted by atomic mass is 16.3. The number of fused-ring (bicyclic) bond motifs is 2. The van der Waals surface area contributed by atoms with Gasteiger partial charge in [0, 0.05) is 31.0 Å². The zero-order chi connectivity index (χ0) is 21.1. The van der Waals surface area contributed by atoms with Crippen LogP contribution in [0.2, 0.25) is 0 Å². The Kier molecular flexibility index (Phi) is 5.65. The van der Waals surface area contributed by atoms with Crippen LogP contribution in [0.1, 0.15) is 31.1 Å². The molecule has 2 aromatic heterocycles. The third-order valence-corrected chi connectivity index (χ3v) is 5.41. The second-order valence-corrected chi connectivity index (χ2v) is 7.52. The zero-order valence-electron chi connectivity index (χ0n) is 17.3. The summed E-state index contributed by atoms with van der Waals surface area (Å²) < 4.78 is 7.55. The van der Waals surface area contributed by atoms with E-state index in [0.717, 1.165) is 41.6 Å². The second kappa shape index (κ2) is 8.53. The van der Waals surface area contributed by atoms with Crippen molar-refractivity contribution >= 4 is 27.9 Å². The van der Waals surface area contributed by atoms with Crippen LogP contribution < -0.4 is 5.56 Å². The molecular formula is C24H25N3O3. The molecule has 154 valence electrons. The molecule has 6 nitrogen and oxygen atoms in total. The van der Waals surface area contributed by atoms with Crippen molar-refractivity contribution in [2.24, 2.45) is 0 Å². The molecule has 0 aliphatic rings. The topological polar surface area (TPSA) is 68.3 Å². The maximum atomic E-state index is 13.0. The van der Waals surface area contributed by atoms with E-state index in [4.69, 9.17) is 4.42 Å². The molecule has 1 amide bonds. The van der Waals surface area contributed by atoms with Gasteiger partial charge in [0.05, 0.1) is 17.2 Å². The van der Waals surface area contributed by atoms with Crippen LogP contribution in [-0.2, 0) is 24.3 Å². The average Bonchev–Trinajstić information content (AvgIpc) is 3.11.